The first kappa shape index (κ1) is 25.3. The molecule has 3 aromatic carbocycles. The molecule has 36 heavy (non-hydrogen) atoms. The molecule has 188 valence electrons. The quantitative estimate of drug-likeness (QED) is 0.451. The van der Waals surface area contributed by atoms with E-state index in [4.69, 9.17) is 9.47 Å². The number of rotatable bonds is 7. The molecule has 0 N–H and O–H groups in total. The van der Waals surface area contributed by atoms with Crippen molar-refractivity contribution in [3.63, 3.8) is 0 Å². The number of esters is 1. The van der Waals surface area contributed by atoms with Gasteiger partial charge in [-0.1, -0.05) is 48.0 Å². The molecule has 3 aromatic rings. The number of ether oxygens (including phenoxy) is 2. The molecule has 1 heterocycles. The zero-order chi connectivity index (χ0) is 25.9. The highest BCUT2D eigenvalue weighted by atomic mass is 32.2. The van der Waals surface area contributed by atoms with Gasteiger partial charge in [-0.15, -0.1) is 0 Å². The Morgan fingerprint density at radius 2 is 1.72 bits per heavy atom. The summed E-state index contributed by atoms with van der Waals surface area (Å²) in [6, 6.07) is 18.6. The van der Waals surface area contributed by atoms with Crippen molar-refractivity contribution >= 4 is 27.6 Å². The molecule has 1 aliphatic rings. The number of sulfonamides is 1. The van der Waals surface area contributed by atoms with Crippen molar-refractivity contribution < 1.29 is 31.9 Å². The summed E-state index contributed by atoms with van der Waals surface area (Å²) in [5, 5.41) is 0. The van der Waals surface area contributed by atoms with Gasteiger partial charge in [0.15, 0.2) is 0 Å². The Hall–Kier alpha value is -3.76. The van der Waals surface area contributed by atoms with Crippen LogP contribution in [0.15, 0.2) is 77.7 Å². The molecule has 1 atom stereocenters. The maximum Gasteiger partial charge on any atom is 0.348 e. The predicted octanol–water partition coefficient (Wildman–Crippen LogP) is 3.29. The standard InChI is InChI=1S/C26H25FN2O6S/c1-18-11-13-20(14-12-18)36(32,33)28(15-19-7-3-4-8-21(19)27)17-25(30)29-16-24(26(31)34-2)35-23-10-6-5-9-22(23)29/h3-14,24H,15-17H2,1-2H3. The van der Waals surface area contributed by atoms with Crippen molar-refractivity contribution in [1.82, 2.24) is 4.31 Å². The summed E-state index contributed by atoms with van der Waals surface area (Å²) in [4.78, 5) is 27.0. The Balaban J connectivity index is 1.70. The van der Waals surface area contributed by atoms with E-state index in [1.807, 2.05) is 6.92 Å². The SMILES string of the molecule is COC(=O)C1CN(C(=O)CN(Cc2ccccc2F)S(=O)(=O)c2ccc(C)cc2)c2ccccc2O1. The monoisotopic (exact) mass is 512 g/mol. The summed E-state index contributed by atoms with van der Waals surface area (Å²) >= 11 is 0. The van der Waals surface area contributed by atoms with Crippen LogP contribution in [0, 0.1) is 12.7 Å². The van der Waals surface area contributed by atoms with E-state index in [0.717, 1.165) is 9.87 Å². The lowest BCUT2D eigenvalue weighted by atomic mass is 10.1. The lowest BCUT2D eigenvalue weighted by molar-refractivity contribution is -0.148. The van der Waals surface area contributed by atoms with Gasteiger partial charge in [0.25, 0.3) is 0 Å². The number of para-hydroxylation sites is 2. The number of aryl methyl sites for hydroxylation is 1. The highest BCUT2D eigenvalue weighted by Crippen LogP contribution is 2.34. The molecule has 0 radical (unpaired) electrons. The molecule has 1 aliphatic heterocycles. The summed E-state index contributed by atoms with van der Waals surface area (Å²) in [5.41, 5.74) is 1.38. The zero-order valence-electron chi connectivity index (χ0n) is 19.8. The Morgan fingerprint density at radius 3 is 2.42 bits per heavy atom. The number of halogens is 1. The number of methoxy groups -OCH3 is 1. The van der Waals surface area contributed by atoms with Gasteiger partial charge in [-0.3, -0.25) is 4.79 Å². The number of fused-ring (bicyclic) bond motifs is 1. The van der Waals surface area contributed by atoms with Crippen LogP contribution in [0.5, 0.6) is 5.75 Å². The molecule has 0 spiro atoms. The Labute approximate surface area is 208 Å². The molecule has 0 fully saturated rings. The predicted molar refractivity (Wildman–Crippen MR) is 130 cm³/mol. The van der Waals surface area contributed by atoms with Gasteiger partial charge in [0.2, 0.25) is 22.0 Å². The number of nitrogens with zero attached hydrogens (tertiary/aromatic N) is 2. The topological polar surface area (TPSA) is 93.2 Å². The number of amides is 1. The fraction of sp³-hybridized carbons (Fsp3) is 0.231. The number of anilines is 1. The van der Waals surface area contributed by atoms with Crippen LogP contribution in [0.2, 0.25) is 0 Å². The normalized spacial score (nSPS) is 15.2. The van der Waals surface area contributed by atoms with Gasteiger partial charge in [-0.2, -0.15) is 4.31 Å². The fourth-order valence-corrected chi connectivity index (χ4v) is 5.23. The van der Waals surface area contributed by atoms with Gasteiger partial charge in [-0.05, 0) is 37.3 Å². The van der Waals surface area contributed by atoms with E-state index < -0.39 is 40.4 Å². The van der Waals surface area contributed by atoms with E-state index in [1.165, 1.54) is 42.3 Å². The number of carbonyl (C=O) groups excluding carboxylic acids is 2. The second-order valence-electron chi connectivity index (χ2n) is 8.28. The van der Waals surface area contributed by atoms with E-state index in [0.29, 0.717) is 5.69 Å². The van der Waals surface area contributed by atoms with Crippen LogP contribution in [0.25, 0.3) is 0 Å². The van der Waals surface area contributed by atoms with E-state index in [2.05, 4.69) is 0 Å². The molecule has 0 aliphatic carbocycles. The third kappa shape index (κ3) is 5.24. The zero-order valence-corrected chi connectivity index (χ0v) is 20.6. The van der Waals surface area contributed by atoms with Crippen LogP contribution >= 0.6 is 0 Å². The second kappa shape index (κ2) is 10.5. The van der Waals surface area contributed by atoms with Crippen LogP contribution < -0.4 is 9.64 Å². The molecule has 8 nitrogen and oxygen atoms in total. The largest absolute Gasteiger partial charge is 0.475 e. The minimum Gasteiger partial charge on any atom is -0.475 e. The van der Waals surface area contributed by atoms with Crippen molar-refractivity contribution in [1.29, 1.82) is 0 Å². The first-order valence-corrected chi connectivity index (χ1v) is 12.6. The van der Waals surface area contributed by atoms with Crippen molar-refractivity contribution in [3.8, 4) is 5.75 Å². The third-order valence-electron chi connectivity index (χ3n) is 5.81. The maximum atomic E-state index is 14.5. The molecule has 0 saturated heterocycles. The van der Waals surface area contributed by atoms with E-state index >= 15 is 0 Å². The first-order chi connectivity index (χ1) is 17.2. The number of benzene rings is 3. The van der Waals surface area contributed by atoms with Gasteiger partial charge < -0.3 is 14.4 Å². The van der Waals surface area contributed by atoms with E-state index in [1.54, 1.807) is 42.5 Å². The lowest BCUT2D eigenvalue weighted by Crippen LogP contribution is -2.50. The van der Waals surface area contributed by atoms with Gasteiger partial charge in [0.1, 0.15) is 11.6 Å². The van der Waals surface area contributed by atoms with Crippen molar-refractivity contribution in [3.05, 3.63) is 89.7 Å². The Kier molecular flexibility index (Phi) is 7.37. The first-order valence-electron chi connectivity index (χ1n) is 11.1. The van der Waals surface area contributed by atoms with E-state index in [9.17, 15) is 22.4 Å². The maximum absolute atomic E-state index is 14.5. The van der Waals surface area contributed by atoms with Crippen LogP contribution in [0.4, 0.5) is 10.1 Å². The summed E-state index contributed by atoms with van der Waals surface area (Å²) in [6.45, 7) is 0.707. The van der Waals surface area contributed by atoms with Crippen LogP contribution in [0.1, 0.15) is 11.1 Å². The molecule has 0 aromatic heterocycles. The molecule has 10 heteroatoms. The average molecular weight is 513 g/mol. The summed E-state index contributed by atoms with van der Waals surface area (Å²) < 4.78 is 53.0. The molecular weight excluding hydrogens is 487 g/mol. The Morgan fingerprint density at radius 1 is 1.06 bits per heavy atom. The molecule has 1 amide bonds. The lowest BCUT2D eigenvalue weighted by Gasteiger charge is -2.34. The average Bonchev–Trinajstić information content (AvgIpc) is 2.88. The van der Waals surface area contributed by atoms with Gasteiger partial charge in [0.05, 0.1) is 30.8 Å². The smallest absolute Gasteiger partial charge is 0.348 e. The van der Waals surface area contributed by atoms with Crippen molar-refractivity contribution in [2.75, 3.05) is 25.1 Å². The Bertz CT molecular complexity index is 1380. The molecule has 0 bridgehead atoms. The number of hydrogen-bond acceptors (Lipinski definition) is 6. The summed E-state index contributed by atoms with van der Waals surface area (Å²) in [5.74, 6) is -1.57. The highest BCUT2D eigenvalue weighted by Gasteiger charge is 2.36. The highest BCUT2D eigenvalue weighted by molar-refractivity contribution is 7.89. The van der Waals surface area contributed by atoms with Crippen LogP contribution in [0.3, 0.4) is 0 Å². The van der Waals surface area contributed by atoms with Gasteiger partial charge in [0, 0.05) is 12.1 Å². The molecule has 4 rings (SSSR count). The summed E-state index contributed by atoms with van der Waals surface area (Å²) in [7, 11) is -2.97. The summed E-state index contributed by atoms with van der Waals surface area (Å²) in [6.07, 6.45) is -1.08. The van der Waals surface area contributed by atoms with Crippen molar-refractivity contribution in [2.45, 2.75) is 24.5 Å². The van der Waals surface area contributed by atoms with Gasteiger partial charge >= 0.3 is 5.97 Å². The van der Waals surface area contributed by atoms with E-state index in [-0.39, 0.29) is 29.3 Å². The number of hydrogen-bond donors (Lipinski definition) is 0. The van der Waals surface area contributed by atoms with Crippen molar-refractivity contribution in [2.24, 2.45) is 0 Å². The second-order valence-corrected chi connectivity index (χ2v) is 10.2. The van der Waals surface area contributed by atoms with Crippen LogP contribution in [-0.4, -0.2) is 50.9 Å². The number of carbonyl (C=O) groups is 2. The molecule has 0 saturated carbocycles. The van der Waals surface area contributed by atoms with Gasteiger partial charge in [-0.25, -0.2) is 17.6 Å². The van der Waals surface area contributed by atoms with Crippen LogP contribution in [-0.2, 0) is 30.9 Å². The third-order valence-corrected chi connectivity index (χ3v) is 7.62. The fourth-order valence-electron chi connectivity index (χ4n) is 3.86. The molecule has 1 unspecified atom stereocenters. The minimum atomic E-state index is -4.18. The minimum absolute atomic E-state index is 0.0212. The molecular formula is C26H25FN2O6S.